The zero-order chi connectivity index (χ0) is 15.2. The van der Waals surface area contributed by atoms with Crippen LogP contribution in [0.1, 0.15) is 30.7 Å². The van der Waals surface area contributed by atoms with E-state index >= 15 is 0 Å². The highest BCUT2D eigenvalue weighted by molar-refractivity contribution is 9.10. The van der Waals surface area contributed by atoms with Gasteiger partial charge in [-0.05, 0) is 40.5 Å². The molecule has 1 aromatic heterocycles. The van der Waals surface area contributed by atoms with E-state index in [1.165, 1.54) is 5.56 Å². The summed E-state index contributed by atoms with van der Waals surface area (Å²) < 4.78 is 6.98. The first-order valence-corrected chi connectivity index (χ1v) is 7.90. The van der Waals surface area contributed by atoms with E-state index in [1.807, 2.05) is 12.1 Å². The molecule has 3 nitrogen and oxygen atoms in total. The van der Waals surface area contributed by atoms with Crippen LogP contribution in [0, 0.1) is 6.92 Å². The van der Waals surface area contributed by atoms with Gasteiger partial charge in [0.1, 0.15) is 12.4 Å². The van der Waals surface area contributed by atoms with Crippen LogP contribution in [-0.2, 0) is 13.2 Å². The van der Waals surface area contributed by atoms with E-state index in [2.05, 4.69) is 65.2 Å². The fourth-order valence-corrected chi connectivity index (χ4v) is 2.25. The number of benzene rings is 1. The maximum absolute atomic E-state index is 6.01. The number of ether oxygens (including phenoxy) is 1. The number of aryl methyl sites for hydroxylation is 1. The van der Waals surface area contributed by atoms with Crippen molar-refractivity contribution in [3.63, 3.8) is 0 Å². The number of nitrogens with one attached hydrogen (secondary N) is 1. The standard InChI is InChI=1S/C17H21BrN2O/c1-12(2)19-9-14-6-4-5-13(3)17(14)21-11-16-8-7-15(18)10-20-16/h4-8,10,12,19H,9,11H2,1-3H3. The van der Waals surface area contributed by atoms with Crippen LogP contribution in [0.25, 0.3) is 0 Å². The SMILES string of the molecule is Cc1cccc(CNC(C)C)c1OCc1ccc(Br)cn1. The van der Waals surface area contributed by atoms with Gasteiger partial charge in [0.15, 0.2) is 0 Å². The molecule has 1 aromatic carbocycles. The summed E-state index contributed by atoms with van der Waals surface area (Å²) in [7, 11) is 0. The largest absolute Gasteiger partial charge is 0.487 e. The predicted molar refractivity (Wildman–Crippen MR) is 89.4 cm³/mol. The molecule has 0 aliphatic heterocycles. The van der Waals surface area contributed by atoms with Gasteiger partial charge in [-0.2, -0.15) is 0 Å². The maximum atomic E-state index is 6.01. The summed E-state index contributed by atoms with van der Waals surface area (Å²) in [5.74, 6) is 0.954. The Morgan fingerprint density at radius 2 is 2.05 bits per heavy atom. The molecule has 0 saturated carbocycles. The van der Waals surface area contributed by atoms with Crippen LogP contribution >= 0.6 is 15.9 Å². The summed E-state index contributed by atoms with van der Waals surface area (Å²) in [6, 6.07) is 10.6. The third kappa shape index (κ3) is 4.83. The summed E-state index contributed by atoms with van der Waals surface area (Å²) in [6.07, 6.45) is 1.79. The van der Waals surface area contributed by atoms with E-state index in [9.17, 15) is 0 Å². The van der Waals surface area contributed by atoms with Gasteiger partial charge in [0.25, 0.3) is 0 Å². The number of para-hydroxylation sites is 1. The summed E-state index contributed by atoms with van der Waals surface area (Å²) in [5.41, 5.74) is 3.25. The van der Waals surface area contributed by atoms with Crippen molar-refractivity contribution in [1.82, 2.24) is 10.3 Å². The van der Waals surface area contributed by atoms with Gasteiger partial charge < -0.3 is 10.1 Å². The van der Waals surface area contributed by atoms with Crippen LogP contribution in [0.3, 0.4) is 0 Å². The fourth-order valence-electron chi connectivity index (χ4n) is 2.01. The Labute approximate surface area is 134 Å². The second kappa shape index (κ2) is 7.57. The molecule has 0 saturated heterocycles. The van der Waals surface area contributed by atoms with E-state index < -0.39 is 0 Å². The van der Waals surface area contributed by atoms with Crippen molar-refractivity contribution in [2.24, 2.45) is 0 Å². The number of aromatic nitrogens is 1. The molecule has 0 spiro atoms. The molecule has 1 heterocycles. The van der Waals surface area contributed by atoms with E-state index in [4.69, 9.17) is 4.74 Å². The minimum absolute atomic E-state index is 0.450. The lowest BCUT2D eigenvalue weighted by molar-refractivity contribution is 0.295. The minimum Gasteiger partial charge on any atom is -0.487 e. The zero-order valence-corrected chi connectivity index (χ0v) is 14.3. The zero-order valence-electron chi connectivity index (χ0n) is 12.7. The maximum Gasteiger partial charge on any atom is 0.130 e. The second-order valence-corrected chi connectivity index (χ2v) is 6.27. The number of rotatable bonds is 6. The van der Waals surface area contributed by atoms with Crippen molar-refractivity contribution in [2.45, 2.75) is 40.0 Å². The van der Waals surface area contributed by atoms with Gasteiger partial charge in [-0.3, -0.25) is 4.98 Å². The highest BCUT2D eigenvalue weighted by Gasteiger charge is 2.08. The van der Waals surface area contributed by atoms with Crippen LogP contribution in [0.4, 0.5) is 0 Å². The Hall–Kier alpha value is -1.39. The molecular weight excluding hydrogens is 328 g/mol. The van der Waals surface area contributed by atoms with E-state index in [1.54, 1.807) is 6.20 Å². The monoisotopic (exact) mass is 348 g/mol. The topological polar surface area (TPSA) is 34.1 Å². The lowest BCUT2D eigenvalue weighted by Gasteiger charge is -2.15. The lowest BCUT2D eigenvalue weighted by atomic mass is 10.1. The Balaban J connectivity index is 2.09. The molecule has 0 atom stereocenters. The molecule has 0 amide bonds. The van der Waals surface area contributed by atoms with Crippen LogP contribution in [-0.4, -0.2) is 11.0 Å². The highest BCUT2D eigenvalue weighted by Crippen LogP contribution is 2.24. The first kappa shape index (κ1) is 16.0. The number of pyridine rings is 1. The van der Waals surface area contributed by atoms with Gasteiger partial charge >= 0.3 is 0 Å². The molecule has 2 rings (SSSR count). The molecule has 21 heavy (non-hydrogen) atoms. The molecule has 0 radical (unpaired) electrons. The number of hydrogen-bond donors (Lipinski definition) is 1. The summed E-state index contributed by atoms with van der Waals surface area (Å²) in [6.45, 7) is 7.64. The third-order valence-corrected chi connectivity index (χ3v) is 3.62. The normalized spacial score (nSPS) is 10.9. The van der Waals surface area contributed by atoms with Gasteiger partial charge in [0.2, 0.25) is 0 Å². The molecule has 1 N–H and O–H groups in total. The van der Waals surface area contributed by atoms with Gasteiger partial charge in [0, 0.05) is 28.8 Å². The number of nitrogens with zero attached hydrogens (tertiary/aromatic N) is 1. The summed E-state index contributed by atoms with van der Waals surface area (Å²) in [4.78, 5) is 4.34. The van der Waals surface area contributed by atoms with Crippen molar-refractivity contribution in [1.29, 1.82) is 0 Å². The minimum atomic E-state index is 0.450. The van der Waals surface area contributed by atoms with Crippen LogP contribution in [0.5, 0.6) is 5.75 Å². The lowest BCUT2D eigenvalue weighted by Crippen LogP contribution is -2.22. The summed E-state index contributed by atoms with van der Waals surface area (Å²) in [5, 5.41) is 3.43. The molecule has 2 aromatic rings. The second-order valence-electron chi connectivity index (χ2n) is 5.36. The smallest absolute Gasteiger partial charge is 0.130 e. The third-order valence-electron chi connectivity index (χ3n) is 3.15. The first-order valence-electron chi connectivity index (χ1n) is 7.11. The quantitative estimate of drug-likeness (QED) is 0.848. The molecular formula is C17H21BrN2O. The van der Waals surface area contributed by atoms with E-state index in [-0.39, 0.29) is 0 Å². The summed E-state index contributed by atoms with van der Waals surface area (Å²) >= 11 is 3.39. The first-order chi connectivity index (χ1) is 10.1. The Bertz CT molecular complexity index is 582. The van der Waals surface area contributed by atoms with Gasteiger partial charge in [-0.25, -0.2) is 0 Å². The molecule has 0 aliphatic rings. The van der Waals surface area contributed by atoms with E-state index in [0.717, 1.165) is 28.0 Å². The van der Waals surface area contributed by atoms with Crippen LogP contribution in [0.2, 0.25) is 0 Å². The van der Waals surface area contributed by atoms with Crippen molar-refractivity contribution in [2.75, 3.05) is 0 Å². The van der Waals surface area contributed by atoms with Crippen LogP contribution < -0.4 is 10.1 Å². The molecule has 0 aliphatic carbocycles. The Morgan fingerprint density at radius 1 is 1.24 bits per heavy atom. The van der Waals surface area contributed by atoms with Crippen molar-refractivity contribution < 1.29 is 4.74 Å². The highest BCUT2D eigenvalue weighted by atomic mass is 79.9. The Morgan fingerprint density at radius 3 is 2.71 bits per heavy atom. The number of halogens is 1. The predicted octanol–water partition coefficient (Wildman–Crippen LogP) is 4.23. The van der Waals surface area contributed by atoms with Crippen molar-refractivity contribution >= 4 is 15.9 Å². The van der Waals surface area contributed by atoms with Crippen LogP contribution in [0.15, 0.2) is 41.0 Å². The Kier molecular flexibility index (Phi) is 5.76. The molecule has 0 fully saturated rings. The molecule has 0 bridgehead atoms. The molecule has 0 unspecified atom stereocenters. The number of hydrogen-bond acceptors (Lipinski definition) is 3. The average molecular weight is 349 g/mol. The molecule has 4 heteroatoms. The van der Waals surface area contributed by atoms with Crippen molar-refractivity contribution in [3.05, 3.63) is 57.8 Å². The van der Waals surface area contributed by atoms with Crippen molar-refractivity contribution in [3.8, 4) is 5.75 Å². The average Bonchev–Trinajstić information content (AvgIpc) is 2.46. The van der Waals surface area contributed by atoms with E-state index in [0.29, 0.717) is 12.6 Å². The van der Waals surface area contributed by atoms with Gasteiger partial charge in [-0.15, -0.1) is 0 Å². The molecule has 112 valence electrons. The van der Waals surface area contributed by atoms with Gasteiger partial charge in [-0.1, -0.05) is 32.0 Å². The fraction of sp³-hybridized carbons (Fsp3) is 0.353. The van der Waals surface area contributed by atoms with Gasteiger partial charge in [0.05, 0.1) is 5.69 Å².